The molecule has 3 nitrogen and oxygen atoms in total. The smallest absolute Gasteiger partial charge is 0.0622 e. The number of rotatable bonds is 1. The van der Waals surface area contributed by atoms with E-state index in [9.17, 15) is 0 Å². The van der Waals surface area contributed by atoms with E-state index in [-0.39, 0.29) is 0 Å². The van der Waals surface area contributed by atoms with E-state index in [0.29, 0.717) is 23.5 Å². The van der Waals surface area contributed by atoms with Crippen LogP contribution in [-0.4, -0.2) is 49.3 Å². The second kappa shape index (κ2) is 4.63. The van der Waals surface area contributed by atoms with Gasteiger partial charge in [-0.25, -0.2) is 0 Å². The first-order chi connectivity index (χ1) is 7.48. The van der Waals surface area contributed by atoms with Crippen LogP contribution in [0, 0.1) is 5.41 Å². The fourth-order valence-corrected chi connectivity index (χ4v) is 2.76. The van der Waals surface area contributed by atoms with E-state index in [0.717, 1.165) is 19.8 Å². The molecule has 3 unspecified atom stereocenters. The van der Waals surface area contributed by atoms with Crippen molar-refractivity contribution >= 4 is 0 Å². The minimum Gasteiger partial charge on any atom is -0.380 e. The summed E-state index contributed by atoms with van der Waals surface area (Å²) in [7, 11) is 0. The van der Waals surface area contributed by atoms with Gasteiger partial charge in [-0.15, -0.1) is 0 Å². The maximum absolute atomic E-state index is 5.52. The van der Waals surface area contributed by atoms with Crippen LogP contribution in [0.2, 0.25) is 0 Å². The molecule has 0 aromatic heterocycles. The van der Waals surface area contributed by atoms with Crippen molar-refractivity contribution < 1.29 is 4.74 Å². The topological polar surface area (TPSA) is 24.5 Å². The normalized spacial score (nSPS) is 37.9. The van der Waals surface area contributed by atoms with Gasteiger partial charge in [0.1, 0.15) is 0 Å². The minimum absolute atomic E-state index is 0.345. The molecule has 2 fully saturated rings. The zero-order chi connectivity index (χ0) is 11.8. The first-order valence-corrected chi connectivity index (χ1v) is 6.55. The highest BCUT2D eigenvalue weighted by Gasteiger charge is 2.36. The predicted molar refractivity (Wildman–Crippen MR) is 66.6 cm³/mol. The molecular weight excluding hydrogens is 200 g/mol. The molecule has 2 heterocycles. The zero-order valence-electron chi connectivity index (χ0n) is 11.1. The third kappa shape index (κ3) is 2.58. The minimum atomic E-state index is 0.345. The van der Waals surface area contributed by atoms with Crippen molar-refractivity contribution in [2.45, 2.75) is 52.2 Å². The Morgan fingerprint density at radius 3 is 2.62 bits per heavy atom. The van der Waals surface area contributed by atoms with Gasteiger partial charge in [-0.2, -0.15) is 0 Å². The summed E-state index contributed by atoms with van der Waals surface area (Å²) in [6, 6.07) is 1.90. The number of nitrogens with one attached hydrogen (secondary N) is 1. The molecule has 3 atom stereocenters. The van der Waals surface area contributed by atoms with Crippen LogP contribution in [0.4, 0.5) is 0 Å². The fourth-order valence-electron chi connectivity index (χ4n) is 2.76. The summed E-state index contributed by atoms with van der Waals surface area (Å²) in [6.07, 6.45) is 1.21. The van der Waals surface area contributed by atoms with Gasteiger partial charge in [0.2, 0.25) is 0 Å². The molecule has 0 aliphatic carbocycles. The van der Waals surface area contributed by atoms with E-state index >= 15 is 0 Å². The molecule has 0 aromatic rings. The van der Waals surface area contributed by atoms with Crippen LogP contribution in [0.1, 0.15) is 34.1 Å². The van der Waals surface area contributed by atoms with Crippen LogP contribution >= 0.6 is 0 Å². The van der Waals surface area contributed by atoms with Crippen molar-refractivity contribution in [1.82, 2.24) is 10.2 Å². The maximum Gasteiger partial charge on any atom is 0.0622 e. The van der Waals surface area contributed by atoms with Crippen LogP contribution in [0.25, 0.3) is 0 Å². The zero-order valence-corrected chi connectivity index (χ0v) is 11.1. The highest BCUT2D eigenvalue weighted by Crippen LogP contribution is 2.26. The molecule has 0 aromatic carbocycles. The van der Waals surface area contributed by atoms with Gasteiger partial charge in [0, 0.05) is 37.8 Å². The van der Waals surface area contributed by atoms with Crippen LogP contribution in [0.3, 0.4) is 0 Å². The Balaban J connectivity index is 2.00. The molecule has 3 heteroatoms. The lowest BCUT2D eigenvalue weighted by Crippen LogP contribution is -2.61. The monoisotopic (exact) mass is 226 g/mol. The molecule has 2 saturated heterocycles. The molecule has 16 heavy (non-hydrogen) atoms. The summed E-state index contributed by atoms with van der Waals surface area (Å²) < 4.78 is 5.52. The average Bonchev–Trinajstić information content (AvgIpc) is 2.69. The van der Waals surface area contributed by atoms with Gasteiger partial charge >= 0.3 is 0 Å². The van der Waals surface area contributed by atoms with Gasteiger partial charge in [-0.1, -0.05) is 20.8 Å². The molecule has 2 aliphatic heterocycles. The fraction of sp³-hybridized carbons (Fsp3) is 1.00. The second-order valence-corrected chi connectivity index (χ2v) is 6.39. The van der Waals surface area contributed by atoms with Crippen molar-refractivity contribution in [3.8, 4) is 0 Å². The Morgan fingerprint density at radius 2 is 2.06 bits per heavy atom. The second-order valence-electron chi connectivity index (χ2n) is 6.39. The van der Waals surface area contributed by atoms with E-state index in [1.165, 1.54) is 13.0 Å². The molecule has 0 bridgehead atoms. The lowest BCUT2D eigenvalue weighted by atomic mass is 9.84. The summed E-state index contributed by atoms with van der Waals surface area (Å²) >= 11 is 0. The Labute approximate surface area is 99.5 Å². The van der Waals surface area contributed by atoms with E-state index in [1.54, 1.807) is 0 Å². The maximum atomic E-state index is 5.52. The lowest BCUT2D eigenvalue weighted by molar-refractivity contribution is 0.0502. The van der Waals surface area contributed by atoms with Crippen LogP contribution in [0.5, 0.6) is 0 Å². The standard InChI is InChI=1S/C13H26N2O/c1-10-7-14-12(13(2,3)4)8-15(10)11-5-6-16-9-11/h10-12,14H,5-9H2,1-4H3. The summed E-state index contributed by atoms with van der Waals surface area (Å²) in [5, 5.41) is 3.68. The molecule has 0 spiro atoms. The summed E-state index contributed by atoms with van der Waals surface area (Å²) in [5.41, 5.74) is 0.345. The first kappa shape index (κ1) is 12.3. The molecule has 94 valence electrons. The molecular formula is C13H26N2O. The van der Waals surface area contributed by atoms with Gasteiger partial charge in [-0.05, 0) is 18.8 Å². The lowest BCUT2D eigenvalue weighted by Gasteiger charge is -2.46. The van der Waals surface area contributed by atoms with Gasteiger partial charge in [0.15, 0.2) is 0 Å². The van der Waals surface area contributed by atoms with Crippen LogP contribution in [0.15, 0.2) is 0 Å². The number of nitrogens with zero attached hydrogens (tertiary/aromatic N) is 1. The number of ether oxygens (including phenoxy) is 1. The third-order valence-electron chi connectivity index (χ3n) is 4.04. The van der Waals surface area contributed by atoms with E-state index < -0.39 is 0 Å². The summed E-state index contributed by atoms with van der Waals surface area (Å²) in [5.74, 6) is 0. The first-order valence-electron chi connectivity index (χ1n) is 6.55. The molecule has 2 aliphatic rings. The Morgan fingerprint density at radius 1 is 1.31 bits per heavy atom. The van der Waals surface area contributed by atoms with E-state index in [4.69, 9.17) is 4.74 Å². The largest absolute Gasteiger partial charge is 0.380 e. The SMILES string of the molecule is CC1CNC(C(C)(C)C)CN1C1CCOC1. The highest BCUT2D eigenvalue weighted by molar-refractivity contribution is 4.93. The number of piperazine rings is 1. The number of hydrogen-bond donors (Lipinski definition) is 1. The Bertz CT molecular complexity index is 231. The highest BCUT2D eigenvalue weighted by atomic mass is 16.5. The number of hydrogen-bond acceptors (Lipinski definition) is 3. The van der Waals surface area contributed by atoms with Gasteiger partial charge in [-0.3, -0.25) is 4.90 Å². The van der Waals surface area contributed by atoms with Crippen molar-refractivity contribution in [1.29, 1.82) is 0 Å². The third-order valence-corrected chi connectivity index (χ3v) is 4.04. The van der Waals surface area contributed by atoms with Crippen molar-refractivity contribution in [3.05, 3.63) is 0 Å². The summed E-state index contributed by atoms with van der Waals surface area (Å²) in [6.45, 7) is 13.4. The quantitative estimate of drug-likeness (QED) is 0.733. The van der Waals surface area contributed by atoms with E-state index in [2.05, 4.69) is 37.9 Å². The molecule has 0 saturated carbocycles. The Hall–Kier alpha value is -0.120. The molecule has 2 rings (SSSR count). The van der Waals surface area contributed by atoms with Gasteiger partial charge in [0.25, 0.3) is 0 Å². The summed E-state index contributed by atoms with van der Waals surface area (Å²) in [4.78, 5) is 2.65. The molecule has 1 N–H and O–H groups in total. The van der Waals surface area contributed by atoms with E-state index in [1.807, 2.05) is 0 Å². The van der Waals surface area contributed by atoms with Crippen molar-refractivity contribution in [2.75, 3.05) is 26.3 Å². The molecule has 0 radical (unpaired) electrons. The van der Waals surface area contributed by atoms with Gasteiger partial charge < -0.3 is 10.1 Å². The van der Waals surface area contributed by atoms with Gasteiger partial charge in [0.05, 0.1) is 6.61 Å². The average molecular weight is 226 g/mol. The Kier molecular flexibility index (Phi) is 3.57. The molecule has 0 amide bonds. The van der Waals surface area contributed by atoms with Crippen LogP contribution in [-0.2, 0) is 4.74 Å². The predicted octanol–water partition coefficient (Wildman–Crippen LogP) is 1.48. The van der Waals surface area contributed by atoms with Crippen molar-refractivity contribution in [2.24, 2.45) is 5.41 Å². The van der Waals surface area contributed by atoms with Crippen molar-refractivity contribution in [3.63, 3.8) is 0 Å². The van der Waals surface area contributed by atoms with Crippen LogP contribution < -0.4 is 5.32 Å².